The van der Waals surface area contributed by atoms with Crippen LogP contribution in [0.4, 0.5) is 4.39 Å². The number of quaternary nitrogens is 1. The van der Waals surface area contributed by atoms with Crippen LogP contribution in [0.2, 0.25) is 0 Å². The van der Waals surface area contributed by atoms with E-state index < -0.39 is 23.5 Å². The summed E-state index contributed by atoms with van der Waals surface area (Å²) in [5, 5.41) is 11.0. The third-order valence-electron chi connectivity index (χ3n) is 5.96. The second kappa shape index (κ2) is 8.99. The number of carbonyl (C=O) groups is 2. The van der Waals surface area contributed by atoms with E-state index in [0.717, 1.165) is 24.2 Å². The first-order chi connectivity index (χ1) is 15.0. The lowest BCUT2D eigenvalue weighted by molar-refractivity contribution is -0.907. The average Bonchev–Trinajstić information content (AvgIpc) is 3.04. The number of carbonyl (C=O) groups excluding carboxylic acids is 2. The maximum absolute atomic E-state index is 13.3. The Hall–Kier alpha value is -3.03. The molecule has 0 radical (unpaired) electrons. The Morgan fingerprint density at radius 3 is 2.39 bits per heavy atom. The van der Waals surface area contributed by atoms with Crippen molar-refractivity contribution < 1.29 is 28.7 Å². The molecule has 0 saturated carbocycles. The molecule has 2 fully saturated rings. The van der Waals surface area contributed by atoms with Gasteiger partial charge in [-0.1, -0.05) is 29.8 Å². The molecule has 0 aliphatic carbocycles. The lowest BCUT2D eigenvalue weighted by atomic mass is 9.94. The van der Waals surface area contributed by atoms with Crippen LogP contribution in [-0.4, -0.2) is 61.1 Å². The summed E-state index contributed by atoms with van der Waals surface area (Å²) in [6.45, 7) is 6.11. The quantitative estimate of drug-likeness (QED) is 0.433. The molecule has 7 heteroatoms. The number of nitrogens with one attached hydrogen (secondary N) is 1. The standard InChI is InChI=1S/C24H25FN2O4/c1-16-2-4-17(5-3-16)21-20(22(28)18-6-8-19(25)9-7-18)23(29)24(30)27(21)11-10-26-12-14-31-15-13-26/h2-9,21,28H,10-15H2,1H3/p+1/t21-/m1/s1. The third-order valence-corrected chi connectivity index (χ3v) is 5.96. The molecule has 0 bridgehead atoms. The Morgan fingerprint density at radius 2 is 1.74 bits per heavy atom. The number of aryl methyl sites for hydroxylation is 1. The van der Waals surface area contributed by atoms with Crippen LogP contribution in [0.25, 0.3) is 5.76 Å². The van der Waals surface area contributed by atoms with E-state index in [-0.39, 0.29) is 11.3 Å². The highest BCUT2D eigenvalue weighted by Crippen LogP contribution is 2.39. The number of aliphatic hydroxyl groups is 1. The summed E-state index contributed by atoms with van der Waals surface area (Å²) in [5.74, 6) is -2.07. The number of likely N-dealkylation sites (tertiary alicyclic amines) is 1. The van der Waals surface area contributed by atoms with Gasteiger partial charge in [-0.2, -0.15) is 0 Å². The first-order valence-corrected chi connectivity index (χ1v) is 10.5. The monoisotopic (exact) mass is 425 g/mol. The highest BCUT2D eigenvalue weighted by Gasteiger charge is 2.46. The minimum Gasteiger partial charge on any atom is -0.507 e. The van der Waals surface area contributed by atoms with Gasteiger partial charge in [-0.25, -0.2) is 4.39 Å². The Kier molecular flexibility index (Phi) is 6.15. The number of aliphatic hydroxyl groups excluding tert-OH is 1. The summed E-state index contributed by atoms with van der Waals surface area (Å²) < 4.78 is 18.7. The van der Waals surface area contributed by atoms with Gasteiger partial charge in [0.2, 0.25) is 0 Å². The van der Waals surface area contributed by atoms with Gasteiger partial charge >= 0.3 is 0 Å². The van der Waals surface area contributed by atoms with Crippen LogP contribution in [-0.2, 0) is 14.3 Å². The van der Waals surface area contributed by atoms with Crippen LogP contribution in [0.15, 0.2) is 54.1 Å². The number of halogens is 1. The largest absolute Gasteiger partial charge is 0.507 e. The molecule has 2 aromatic carbocycles. The average molecular weight is 425 g/mol. The van der Waals surface area contributed by atoms with Gasteiger partial charge in [0.25, 0.3) is 11.7 Å². The topological polar surface area (TPSA) is 71.3 Å². The second-order valence-corrected chi connectivity index (χ2v) is 8.02. The second-order valence-electron chi connectivity index (χ2n) is 8.02. The van der Waals surface area contributed by atoms with E-state index in [1.165, 1.54) is 29.2 Å². The number of ketones is 1. The number of amides is 1. The minimum absolute atomic E-state index is 0.0393. The fraction of sp³-hybridized carbons (Fsp3) is 0.333. The van der Waals surface area contributed by atoms with Crippen molar-refractivity contribution in [2.75, 3.05) is 39.4 Å². The predicted octanol–water partition coefficient (Wildman–Crippen LogP) is 1.47. The molecule has 4 rings (SSSR count). The van der Waals surface area contributed by atoms with Crippen molar-refractivity contribution in [3.05, 3.63) is 76.6 Å². The van der Waals surface area contributed by atoms with E-state index in [9.17, 15) is 19.1 Å². The fourth-order valence-electron chi connectivity index (χ4n) is 4.16. The third kappa shape index (κ3) is 4.38. The minimum atomic E-state index is -0.718. The lowest BCUT2D eigenvalue weighted by Gasteiger charge is -2.29. The van der Waals surface area contributed by atoms with Gasteiger partial charge in [0.15, 0.2) is 0 Å². The highest BCUT2D eigenvalue weighted by molar-refractivity contribution is 6.46. The summed E-state index contributed by atoms with van der Waals surface area (Å²) in [7, 11) is 0. The SMILES string of the molecule is Cc1ccc([C@@H]2C(=C(O)c3ccc(F)cc3)C(=O)C(=O)N2CC[NH+]2CCOCC2)cc1. The zero-order valence-corrected chi connectivity index (χ0v) is 17.4. The molecule has 2 N–H and O–H groups in total. The first kappa shape index (κ1) is 21.2. The van der Waals surface area contributed by atoms with Crippen LogP contribution < -0.4 is 4.90 Å². The predicted molar refractivity (Wildman–Crippen MR) is 113 cm³/mol. The molecule has 31 heavy (non-hydrogen) atoms. The number of morpholine rings is 1. The molecule has 0 unspecified atom stereocenters. The number of nitrogens with zero attached hydrogens (tertiary/aromatic N) is 1. The summed E-state index contributed by atoms with van der Waals surface area (Å²) in [4.78, 5) is 28.8. The van der Waals surface area contributed by atoms with Gasteiger partial charge in [-0.05, 0) is 36.8 Å². The normalized spacial score (nSPS) is 21.6. The maximum Gasteiger partial charge on any atom is 0.295 e. The van der Waals surface area contributed by atoms with E-state index in [4.69, 9.17) is 4.74 Å². The Morgan fingerprint density at radius 1 is 1.10 bits per heavy atom. The van der Waals surface area contributed by atoms with E-state index in [1.807, 2.05) is 31.2 Å². The van der Waals surface area contributed by atoms with Gasteiger partial charge in [-0.3, -0.25) is 9.59 Å². The zero-order chi connectivity index (χ0) is 22.0. The molecule has 0 spiro atoms. The molecule has 6 nitrogen and oxygen atoms in total. The Labute approximate surface area is 180 Å². The molecule has 1 atom stereocenters. The van der Waals surface area contributed by atoms with Crippen LogP contribution in [0.5, 0.6) is 0 Å². The van der Waals surface area contributed by atoms with E-state index in [0.29, 0.717) is 31.9 Å². The van der Waals surface area contributed by atoms with Crippen molar-refractivity contribution in [1.29, 1.82) is 0 Å². The van der Waals surface area contributed by atoms with Crippen LogP contribution in [0.1, 0.15) is 22.7 Å². The van der Waals surface area contributed by atoms with Crippen molar-refractivity contribution in [2.45, 2.75) is 13.0 Å². The summed E-state index contributed by atoms with van der Waals surface area (Å²) in [6, 6.07) is 12.1. The van der Waals surface area contributed by atoms with Gasteiger partial charge in [0.1, 0.15) is 24.7 Å². The van der Waals surface area contributed by atoms with E-state index in [1.54, 1.807) is 4.90 Å². The molecule has 2 aromatic rings. The summed E-state index contributed by atoms with van der Waals surface area (Å²) in [5.41, 5.74) is 2.15. The van der Waals surface area contributed by atoms with E-state index in [2.05, 4.69) is 0 Å². The summed E-state index contributed by atoms with van der Waals surface area (Å²) in [6.07, 6.45) is 0. The Bertz CT molecular complexity index is 995. The molecule has 1 amide bonds. The molecule has 2 saturated heterocycles. The van der Waals surface area contributed by atoms with Gasteiger partial charge in [0, 0.05) is 5.56 Å². The first-order valence-electron chi connectivity index (χ1n) is 10.5. The molecular formula is C24H26FN2O4+. The van der Waals surface area contributed by atoms with Gasteiger partial charge in [-0.15, -0.1) is 0 Å². The van der Waals surface area contributed by atoms with Crippen LogP contribution in [0, 0.1) is 12.7 Å². The summed E-state index contributed by atoms with van der Waals surface area (Å²) >= 11 is 0. The smallest absolute Gasteiger partial charge is 0.295 e. The number of hydrogen-bond acceptors (Lipinski definition) is 4. The fourth-order valence-corrected chi connectivity index (χ4v) is 4.16. The van der Waals surface area contributed by atoms with Crippen LogP contribution >= 0.6 is 0 Å². The van der Waals surface area contributed by atoms with Gasteiger partial charge in [0.05, 0.1) is 37.9 Å². The molecule has 162 valence electrons. The number of ether oxygens (including phenoxy) is 1. The highest BCUT2D eigenvalue weighted by atomic mass is 19.1. The number of Topliss-reactive ketones (excluding diaryl/α,β-unsaturated/α-hetero) is 1. The molecule has 2 aliphatic heterocycles. The molecule has 0 aromatic heterocycles. The van der Waals surface area contributed by atoms with E-state index >= 15 is 0 Å². The van der Waals surface area contributed by atoms with Gasteiger partial charge < -0.3 is 19.6 Å². The molecule has 2 aliphatic rings. The van der Waals surface area contributed by atoms with Crippen molar-refractivity contribution in [3.63, 3.8) is 0 Å². The number of rotatable bonds is 5. The van der Waals surface area contributed by atoms with Crippen molar-refractivity contribution >= 4 is 17.4 Å². The van der Waals surface area contributed by atoms with Crippen molar-refractivity contribution in [1.82, 2.24) is 4.90 Å². The van der Waals surface area contributed by atoms with Crippen LogP contribution in [0.3, 0.4) is 0 Å². The van der Waals surface area contributed by atoms with Crippen molar-refractivity contribution in [2.24, 2.45) is 0 Å². The number of hydrogen-bond donors (Lipinski definition) is 2. The van der Waals surface area contributed by atoms with Crippen molar-refractivity contribution in [3.8, 4) is 0 Å². The lowest BCUT2D eigenvalue weighted by Crippen LogP contribution is -3.14. The zero-order valence-electron chi connectivity index (χ0n) is 17.4. The molecule has 2 heterocycles. The maximum atomic E-state index is 13.3. The number of benzene rings is 2. The Balaban J connectivity index is 1.72. The molecular weight excluding hydrogens is 399 g/mol.